The maximum absolute atomic E-state index is 13.9. The van der Waals surface area contributed by atoms with Crippen LogP contribution in [0.3, 0.4) is 0 Å². The van der Waals surface area contributed by atoms with Crippen LogP contribution in [0.2, 0.25) is 0 Å². The lowest BCUT2D eigenvalue weighted by atomic mass is 9.73. The Bertz CT molecular complexity index is 1820. The van der Waals surface area contributed by atoms with E-state index in [1.165, 1.54) is 0 Å². The van der Waals surface area contributed by atoms with Crippen molar-refractivity contribution in [1.82, 2.24) is 19.8 Å². The quantitative estimate of drug-likeness (QED) is 0.185. The number of primary amides is 1. The second kappa shape index (κ2) is 18.3. The zero-order valence-electron chi connectivity index (χ0n) is 29.3. The minimum Gasteiger partial charge on any atom is -0.475 e. The summed E-state index contributed by atoms with van der Waals surface area (Å²) in [5.41, 5.74) is 13.2. The SMILES string of the molecule is CCC1(c2cccc(Oc3cc(C(C)(N)c4cncn4C)ccc3C#N)c2)CCCCN(CCNC(N)=O)C1=O.O=C(O)C(F)(F)F.O=C(O)C(F)(F)F. The summed E-state index contributed by atoms with van der Waals surface area (Å²) in [4.78, 5) is 48.9. The van der Waals surface area contributed by atoms with Crippen LogP contribution in [0.25, 0.3) is 0 Å². The van der Waals surface area contributed by atoms with Gasteiger partial charge in [0.25, 0.3) is 0 Å². The highest BCUT2D eigenvalue weighted by Crippen LogP contribution is 2.40. The van der Waals surface area contributed by atoms with E-state index in [4.69, 9.17) is 36.0 Å². The van der Waals surface area contributed by atoms with Crippen molar-refractivity contribution < 1.29 is 60.5 Å². The number of amides is 3. The number of urea groups is 1. The second-order valence-electron chi connectivity index (χ2n) is 12.1. The molecule has 20 heteroatoms. The van der Waals surface area contributed by atoms with Crippen LogP contribution in [0.1, 0.15) is 61.9 Å². The molecule has 0 radical (unpaired) electrons. The van der Waals surface area contributed by atoms with E-state index in [2.05, 4.69) is 16.4 Å². The fraction of sp³-hybridized carbons (Fsp3) is 0.412. The molecule has 294 valence electrons. The average Bonchev–Trinajstić information content (AvgIpc) is 3.46. The topological polar surface area (TPSA) is 227 Å². The van der Waals surface area contributed by atoms with Crippen LogP contribution < -0.4 is 21.5 Å². The van der Waals surface area contributed by atoms with E-state index >= 15 is 0 Å². The molecule has 1 aliphatic rings. The number of alkyl halides is 6. The number of likely N-dealkylation sites (tertiary alicyclic amines) is 1. The molecule has 2 unspecified atom stereocenters. The summed E-state index contributed by atoms with van der Waals surface area (Å²) in [5.74, 6) is -4.57. The number of rotatable bonds is 9. The number of carbonyl (C=O) groups is 4. The predicted molar refractivity (Wildman–Crippen MR) is 179 cm³/mol. The monoisotopic (exact) mass is 771 g/mol. The summed E-state index contributed by atoms with van der Waals surface area (Å²) >= 11 is 0. The number of benzene rings is 2. The number of aliphatic carboxylic acids is 2. The highest BCUT2D eigenvalue weighted by Gasteiger charge is 2.43. The average molecular weight is 772 g/mol. The molecular formula is C34H39F6N7O7. The first kappa shape index (κ1) is 44.3. The van der Waals surface area contributed by atoms with E-state index in [9.17, 15) is 41.2 Å². The van der Waals surface area contributed by atoms with Crippen LogP contribution in [0, 0.1) is 11.3 Å². The number of aromatic nitrogens is 2. The third-order valence-electron chi connectivity index (χ3n) is 8.41. The smallest absolute Gasteiger partial charge is 0.475 e. The summed E-state index contributed by atoms with van der Waals surface area (Å²) in [7, 11) is 1.88. The van der Waals surface area contributed by atoms with Crippen LogP contribution >= 0.6 is 0 Å². The van der Waals surface area contributed by atoms with Crippen LogP contribution in [0.5, 0.6) is 11.5 Å². The molecule has 1 saturated heterocycles. The fourth-order valence-corrected chi connectivity index (χ4v) is 5.58. The van der Waals surface area contributed by atoms with Crippen LogP contribution in [0.15, 0.2) is 55.0 Å². The van der Waals surface area contributed by atoms with Gasteiger partial charge in [0.1, 0.15) is 17.6 Å². The van der Waals surface area contributed by atoms with Crippen LogP contribution in [-0.2, 0) is 32.4 Å². The number of hydrogen-bond acceptors (Lipinski definition) is 8. The van der Waals surface area contributed by atoms with Gasteiger partial charge in [-0.3, -0.25) is 4.79 Å². The van der Waals surface area contributed by atoms with E-state index in [0.717, 1.165) is 29.7 Å². The first-order valence-electron chi connectivity index (χ1n) is 16.0. The molecule has 0 aliphatic carbocycles. The Morgan fingerprint density at radius 2 is 1.67 bits per heavy atom. The largest absolute Gasteiger partial charge is 0.490 e. The highest BCUT2D eigenvalue weighted by molar-refractivity contribution is 5.88. The molecule has 1 aliphatic heterocycles. The van der Waals surface area contributed by atoms with Crippen molar-refractivity contribution in [2.45, 2.75) is 62.8 Å². The number of carboxylic acid groups (broad SMARTS) is 2. The van der Waals surface area contributed by atoms with Gasteiger partial charge in [-0.2, -0.15) is 31.6 Å². The van der Waals surface area contributed by atoms with E-state index in [-0.39, 0.29) is 5.91 Å². The van der Waals surface area contributed by atoms with Crippen molar-refractivity contribution in [3.63, 3.8) is 0 Å². The summed E-state index contributed by atoms with van der Waals surface area (Å²) in [6.07, 6.45) is -3.64. The molecule has 2 atom stereocenters. The van der Waals surface area contributed by atoms with Crippen molar-refractivity contribution in [2.24, 2.45) is 18.5 Å². The number of nitrogens with one attached hydrogen (secondary N) is 1. The number of carbonyl (C=O) groups excluding carboxylic acids is 2. The second-order valence-corrected chi connectivity index (χ2v) is 12.1. The van der Waals surface area contributed by atoms with Gasteiger partial charge >= 0.3 is 30.3 Å². The summed E-state index contributed by atoms with van der Waals surface area (Å²) < 4.78 is 71.6. The van der Waals surface area contributed by atoms with Gasteiger partial charge in [-0.1, -0.05) is 31.5 Å². The standard InChI is InChI=1S/C30H37N7O3.2C2HF3O2/c1-4-30(12-5-6-14-37(27(30)38)15-13-35-28(32)39)23-8-7-9-24(16-23)40-25-17-22(11-10-21(25)18-31)29(2,33)26-19-34-20-36(26)3;2*3-2(4,5)1(6)7/h7-11,16-17,19-20H,4-6,12-15,33H2,1-3H3,(H3,32,35,39);2*(H,6,7). The summed E-state index contributed by atoms with van der Waals surface area (Å²) in [6.45, 7) is 5.24. The van der Waals surface area contributed by atoms with Gasteiger partial charge in [0.15, 0.2) is 0 Å². The van der Waals surface area contributed by atoms with Crippen molar-refractivity contribution >= 4 is 23.9 Å². The number of ether oxygens (including phenoxy) is 1. The molecule has 54 heavy (non-hydrogen) atoms. The molecule has 7 N–H and O–H groups in total. The maximum atomic E-state index is 13.9. The number of halogens is 6. The van der Waals surface area contributed by atoms with Crippen LogP contribution in [-0.4, -0.2) is 80.5 Å². The fourth-order valence-electron chi connectivity index (χ4n) is 5.58. The van der Waals surface area contributed by atoms with Crippen molar-refractivity contribution in [2.75, 3.05) is 19.6 Å². The lowest BCUT2D eigenvalue weighted by Gasteiger charge is -2.35. The Kier molecular flexibility index (Phi) is 15.0. The maximum Gasteiger partial charge on any atom is 0.490 e. The van der Waals surface area contributed by atoms with Crippen molar-refractivity contribution in [1.29, 1.82) is 5.26 Å². The van der Waals surface area contributed by atoms with Gasteiger partial charge in [0.2, 0.25) is 5.91 Å². The van der Waals surface area contributed by atoms with Gasteiger partial charge in [-0.25, -0.2) is 19.4 Å². The Morgan fingerprint density at radius 3 is 2.17 bits per heavy atom. The van der Waals surface area contributed by atoms with Crippen LogP contribution in [0.4, 0.5) is 31.1 Å². The number of aryl methyl sites for hydroxylation is 1. The molecule has 1 aromatic heterocycles. The first-order chi connectivity index (χ1) is 25.0. The molecule has 0 bridgehead atoms. The number of nitriles is 1. The Balaban J connectivity index is 0.000000610. The number of carboxylic acids is 2. The number of nitrogens with two attached hydrogens (primary N) is 2. The lowest BCUT2D eigenvalue weighted by molar-refractivity contribution is -0.193. The zero-order chi connectivity index (χ0) is 41.1. The normalized spacial score (nSPS) is 16.9. The third kappa shape index (κ3) is 11.6. The molecule has 4 rings (SSSR count). The molecule has 0 saturated carbocycles. The molecule has 2 heterocycles. The highest BCUT2D eigenvalue weighted by atomic mass is 19.4. The summed E-state index contributed by atoms with van der Waals surface area (Å²) in [6, 6.07) is 14.5. The molecular weight excluding hydrogens is 732 g/mol. The summed E-state index contributed by atoms with van der Waals surface area (Å²) in [5, 5.41) is 26.6. The number of imidazole rings is 1. The van der Waals surface area contributed by atoms with E-state index in [1.807, 2.05) is 60.7 Å². The Hall–Kier alpha value is -5.84. The van der Waals surface area contributed by atoms with Gasteiger partial charge < -0.3 is 41.2 Å². The molecule has 3 aromatic rings. The minimum atomic E-state index is -5.08. The van der Waals surface area contributed by atoms with E-state index in [0.29, 0.717) is 49.5 Å². The van der Waals surface area contributed by atoms with E-state index < -0.39 is 41.3 Å². The molecule has 0 spiro atoms. The third-order valence-corrected chi connectivity index (χ3v) is 8.41. The number of hydrogen-bond donors (Lipinski definition) is 5. The van der Waals surface area contributed by atoms with Crippen molar-refractivity contribution in [3.8, 4) is 17.6 Å². The van der Waals surface area contributed by atoms with Crippen molar-refractivity contribution in [3.05, 3.63) is 77.4 Å². The lowest BCUT2D eigenvalue weighted by Crippen LogP contribution is -2.48. The van der Waals surface area contributed by atoms with Gasteiger partial charge in [0.05, 0.1) is 34.7 Å². The Labute approximate surface area is 305 Å². The first-order valence-corrected chi connectivity index (χ1v) is 16.0. The van der Waals surface area contributed by atoms with Gasteiger partial charge in [-0.15, -0.1) is 0 Å². The number of nitrogens with zero attached hydrogens (tertiary/aromatic N) is 4. The van der Waals surface area contributed by atoms with Gasteiger partial charge in [0, 0.05) is 26.7 Å². The molecule has 1 fully saturated rings. The van der Waals surface area contributed by atoms with Gasteiger partial charge in [-0.05, 0) is 61.6 Å². The zero-order valence-corrected chi connectivity index (χ0v) is 29.3. The predicted octanol–water partition coefficient (Wildman–Crippen LogP) is 4.90. The molecule has 3 amide bonds. The molecule has 14 nitrogen and oxygen atoms in total. The van der Waals surface area contributed by atoms with E-state index in [1.54, 1.807) is 24.7 Å². The molecule has 2 aromatic carbocycles. The Morgan fingerprint density at radius 1 is 1.06 bits per heavy atom. The minimum absolute atomic E-state index is 0.0331.